The van der Waals surface area contributed by atoms with Crippen LogP contribution in [0.2, 0.25) is 0 Å². The van der Waals surface area contributed by atoms with Gasteiger partial charge in [-0.05, 0) is 55.5 Å². The highest BCUT2D eigenvalue weighted by Gasteiger charge is 2.20. The quantitative estimate of drug-likeness (QED) is 0.477. The molecule has 0 spiro atoms. The third-order valence-corrected chi connectivity index (χ3v) is 6.38. The van der Waals surface area contributed by atoms with Crippen molar-refractivity contribution in [3.63, 3.8) is 0 Å². The Hall–Kier alpha value is -4.05. The Morgan fingerprint density at radius 1 is 0.853 bits per heavy atom. The highest BCUT2D eigenvalue weighted by atomic mass is 32.2. The molecule has 1 heterocycles. The number of rotatable bonds is 7. The van der Waals surface area contributed by atoms with Crippen molar-refractivity contribution in [2.45, 2.75) is 17.9 Å². The lowest BCUT2D eigenvalue weighted by molar-refractivity contribution is -0.117. The monoisotopic (exact) mass is 481 g/mol. The Kier molecular flexibility index (Phi) is 6.69. The molecular weight excluding hydrogens is 458 g/mol. The molecule has 176 valence electrons. The van der Waals surface area contributed by atoms with Crippen LogP contribution in [-0.4, -0.2) is 39.5 Å². The number of sulfonamides is 1. The summed E-state index contributed by atoms with van der Waals surface area (Å²) in [5.74, 6) is 0.112. The van der Waals surface area contributed by atoms with E-state index in [1.807, 2.05) is 0 Å². The molecule has 4 rings (SSSR count). The number of carbonyl (C=O) groups excluding carboxylic acids is 2. The smallest absolute Gasteiger partial charge is 0.262 e. The number of nitrogens with one attached hydrogen (secondary N) is 3. The summed E-state index contributed by atoms with van der Waals surface area (Å²) in [4.78, 5) is 24.7. The first kappa shape index (κ1) is 23.1. The number of hydrogen-bond acceptors (Lipinski definition) is 6. The van der Waals surface area contributed by atoms with E-state index in [2.05, 4.69) is 15.4 Å². The zero-order valence-corrected chi connectivity index (χ0v) is 19.1. The molecule has 34 heavy (non-hydrogen) atoms. The fourth-order valence-corrected chi connectivity index (χ4v) is 4.29. The van der Waals surface area contributed by atoms with Crippen LogP contribution in [0.1, 0.15) is 17.3 Å². The van der Waals surface area contributed by atoms with Crippen LogP contribution in [0.4, 0.5) is 11.4 Å². The Morgan fingerprint density at radius 2 is 1.50 bits per heavy atom. The first-order valence-corrected chi connectivity index (χ1v) is 12.0. The number of hydrogen-bond donors (Lipinski definition) is 3. The molecule has 10 heteroatoms. The van der Waals surface area contributed by atoms with Gasteiger partial charge < -0.3 is 20.1 Å². The van der Waals surface area contributed by atoms with E-state index >= 15 is 0 Å². The molecule has 0 fully saturated rings. The third-order valence-electron chi connectivity index (χ3n) is 5.01. The van der Waals surface area contributed by atoms with Gasteiger partial charge in [-0.2, -0.15) is 0 Å². The highest BCUT2D eigenvalue weighted by molar-refractivity contribution is 7.92. The zero-order valence-electron chi connectivity index (χ0n) is 18.3. The second-order valence-electron chi connectivity index (χ2n) is 7.54. The van der Waals surface area contributed by atoms with Crippen molar-refractivity contribution in [3.8, 4) is 11.5 Å². The van der Waals surface area contributed by atoms with Gasteiger partial charge in [0.05, 0.1) is 4.90 Å². The summed E-state index contributed by atoms with van der Waals surface area (Å²) in [6.07, 6.45) is 0. The summed E-state index contributed by atoms with van der Waals surface area (Å²) in [6, 6.07) is 18.4. The zero-order chi connectivity index (χ0) is 24.1. The largest absolute Gasteiger partial charge is 0.486 e. The van der Waals surface area contributed by atoms with Crippen molar-refractivity contribution >= 4 is 33.2 Å². The maximum Gasteiger partial charge on any atom is 0.262 e. The minimum absolute atomic E-state index is 0.0390. The molecular formula is C24H23N3O6S. The van der Waals surface area contributed by atoms with Crippen molar-refractivity contribution in [2.75, 3.05) is 23.3 Å². The minimum Gasteiger partial charge on any atom is -0.486 e. The van der Waals surface area contributed by atoms with E-state index in [-0.39, 0.29) is 10.8 Å². The van der Waals surface area contributed by atoms with E-state index in [1.165, 1.54) is 24.3 Å². The summed E-state index contributed by atoms with van der Waals surface area (Å²) >= 11 is 0. The standard InChI is InChI=1S/C24H23N3O6S/c1-16(25-24(29)17-5-3-2-4-6-17)23(28)26-18-7-9-19(10-8-18)27-34(30,31)20-11-12-21-22(15-20)33-14-13-32-21/h2-12,15-16,27H,13-14H2,1H3,(H,25,29)(H,26,28)/t16-/m0/s1. The predicted octanol–water partition coefficient (Wildman–Crippen LogP) is 3.02. The molecule has 0 aromatic heterocycles. The van der Waals surface area contributed by atoms with Crippen molar-refractivity contribution in [2.24, 2.45) is 0 Å². The number of ether oxygens (including phenoxy) is 2. The van der Waals surface area contributed by atoms with Crippen molar-refractivity contribution in [1.29, 1.82) is 0 Å². The molecule has 2 amide bonds. The SMILES string of the molecule is C[C@H](NC(=O)c1ccccc1)C(=O)Nc1ccc(NS(=O)(=O)c2ccc3c(c2)OCCO3)cc1. The maximum absolute atomic E-state index is 12.7. The highest BCUT2D eigenvalue weighted by Crippen LogP contribution is 2.32. The third kappa shape index (κ3) is 5.46. The van der Waals surface area contributed by atoms with Crippen LogP contribution in [0, 0.1) is 0 Å². The Morgan fingerprint density at radius 3 is 2.21 bits per heavy atom. The molecule has 0 saturated heterocycles. The molecule has 9 nitrogen and oxygen atoms in total. The normalized spacial score (nSPS) is 13.4. The van der Waals surface area contributed by atoms with Crippen molar-refractivity contribution < 1.29 is 27.5 Å². The molecule has 1 aliphatic heterocycles. The van der Waals surface area contributed by atoms with E-state index in [1.54, 1.807) is 55.5 Å². The van der Waals surface area contributed by atoms with Crippen molar-refractivity contribution in [1.82, 2.24) is 5.32 Å². The van der Waals surface area contributed by atoms with Crippen LogP contribution in [0.15, 0.2) is 77.7 Å². The molecule has 0 bridgehead atoms. The second-order valence-corrected chi connectivity index (χ2v) is 9.22. The van der Waals surface area contributed by atoms with Crippen LogP contribution >= 0.6 is 0 Å². The predicted molar refractivity (Wildman–Crippen MR) is 127 cm³/mol. The number of amides is 2. The summed E-state index contributed by atoms with van der Waals surface area (Å²) < 4.78 is 38.8. The first-order chi connectivity index (χ1) is 16.3. The van der Waals surface area contributed by atoms with Gasteiger partial charge in [-0.3, -0.25) is 14.3 Å². The number of carbonyl (C=O) groups is 2. The molecule has 3 aromatic carbocycles. The van der Waals surface area contributed by atoms with Crippen LogP contribution in [0.25, 0.3) is 0 Å². The molecule has 0 aliphatic carbocycles. The van der Waals surface area contributed by atoms with E-state index < -0.39 is 22.0 Å². The van der Waals surface area contributed by atoms with E-state index in [4.69, 9.17) is 9.47 Å². The van der Waals surface area contributed by atoms with Crippen LogP contribution in [0.5, 0.6) is 11.5 Å². The first-order valence-electron chi connectivity index (χ1n) is 10.5. The van der Waals surface area contributed by atoms with Gasteiger partial charge in [0.15, 0.2) is 11.5 Å². The van der Waals surface area contributed by atoms with Gasteiger partial charge >= 0.3 is 0 Å². The Balaban J connectivity index is 1.36. The second kappa shape index (κ2) is 9.84. The van der Waals surface area contributed by atoms with Gasteiger partial charge in [-0.15, -0.1) is 0 Å². The van der Waals surface area contributed by atoms with Crippen LogP contribution < -0.4 is 24.8 Å². The van der Waals surface area contributed by atoms with Gasteiger partial charge in [-0.1, -0.05) is 18.2 Å². The average molecular weight is 482 g/mol. The fraction of sp³-hybridized carbons (Fsp3) is 0.167. The number of benzene rings is 3. The average Bonchev–Trinajstić information content (AvgIpc) is 2.85. The minimum atomic E-state index is -3.86. The van der Waals surface area contributed by atoms with Gasteiger partial charge in [0.2, 0.25) is 5.91 Å². The molecule has 0 unspecified atom stereocenters. The summed E-state index contributed by atoms with van der Waals surface area (Å²) in [7, 11) is -3.86. The fourth-order valence-electron chi connectivity index (χ4n) is 3.21. The van der Waals surface area contributed by atoms with E-state index in [0.29, 0.717) is 41.7 Å². The maximum atomic E-state index is 12.7. The molecule has 3 N–H and O–H groups in total. The lowest BCUT2D eigenvalue weighted by Gasteiger charge is -2.19. The molecule has 1 atom stereocenters. The number of fused-ring (bicyclic) bond motifs is 1. The summed E-state index contributed by atoms with van der Waals surface area (Å²) in [5, 5.41) is 5.33. The molecule has 3 aromatic rings. The topological polar surface area (TPSA) is 123 Å². The van der Waals surface area contributed by atoms with E-state index in [9.17, 15) is 18.0 Å². The summed E-state index contributed by atoms with van der Waals surface area (Å²) in [5.41, 5.74) is 1.23. The van der Waals surface area contributed by atoms with Gasteiger partial charge in [0.25, 0.3) is 15.9 Å². The molecule has 0 radical (unpaired) electrons. The van der Waals surface area contributed by atoms with Crippen LogP contribution in [-0.2, 0) is 14.8 Å². The Bertz CT molecular complexity index is 1290. The van der Waals surface area contributed by atoms with Crippen molar-refractivity contribution in [3.05, 3.63) is 78.4 Å². The number of anilines is 2. The van der Waals surface area contributed by atoms with Crippen LogP contribution in [0.3, 0.4) is 0 Å². The van der Waals surface area contributed by atoms with Gasteiger partial charge in [0.1, 0.15) is 19.3 Å². The van der Waals surface area contributed by atoms with Gasteiger partial charge in [0, 0.05) is 23.0 Å². The molecule has 0 saturated carbocycles. The van der Waals surface area contributed by atoms with E-state index in [0.717, 1.165) is 0 Å². The van der Waals surface area contributed by atoms with Gasteiger partial charge in [-0.25, -0.2) is 8.42 Å². The lowest BCUT2D eigenvalue weighted by Crippen LogP contribution is -2.41. The Labute approximate surface area is 197 Å². The summed E-state index contributed by atoms with van der Waals surface area (Å²) in [6.45, 7) is 2.34. The molecule has 1 aliphatic rings. The lowest BCUT2D eigenvalue weighted by atomic mass is 10.2.